The Morgan fingerprint density at radius 2 is 2.19 bits per heavy atom. The van der Waals surface area contributed by atoms with Crippen LogP contribution in [-0.4, -0.2) is 5.11 Å². The topological polar surface area (TPSA) is 20.2 Å². The number of hydrogen-bond donors (Lipinski definition) is 1. The van der Waals surface area contributed by atoms with Crippen LogP contribution in [0.1, 0.15) is 22.4 Å². The van der Waals surface area contributed by atoms with Crippen molar-refractivity contribution in [2.45, 2.75) is 18.4 Å². The van der Waals surface area contributed by atoms with E-state index in [1.165, 1.54) is 12.1 Å². The number of hydrogen-bond acceptors (Lipinski definition) is 2. The molecule has 1 aromatic carbocycles. The van der Waals surface area contributed by atoms with Gasteiger partial charge in [0.15, 0.2) is 0 Å². The van der Waals surface area contributed by atoms with Gasteiger partial charge in [-0.15, -0.1) is 11.3 Å². The summed E-state index contributed by atoms with van der Waals surface area (Å²) in [5.74, 6) is -0.228. The van der Waals surface area contributed by atoms with Gasteiger partial charge in [-0.05, 0) is 47.5 Å². The standard InChI is InChI=1S/C13H11FOS/c14-10-3-4-11-9(8-10)5-6-13(11,15)12-2-1-7-16-12/h1-4,7-8,15H,5-6H2. The Hall–Kier alpha value is -1.19. The zero-order valence-electron chi connectivity index (χ0n) is 8.61. The molecule has 1 aliphatic carbocycles. The number of fused-ring (bicyclic) bond motifs is 1. The van der Waals surface area contributed by atoms with E-state index in [-0.39, 0.29) is 5.82 Å². The van der Waals surface area contributed by atoms with Gasteiger partial charge in [-0.1, -0.05) is 12.1 Å². The van der Waals surface area contributed by atoms with E-state index in [1.807, 2.05) is 17.5 Å². The van der Waals surface area contributed by atoms with Gasteiger partial charge < -0.3 is 5.11 Å². The average Bonchev–Trinajstić information content (AvgIpc) is 2.87. The molecule has 0 radical (unpaired) electrons. The van der Waals surface area contributed by atoms with Crippen LogP contribution < -0.4 is 0 Å². The predicted molar refractivity (Wildman–Crippen MR) is 62.0 cm³/mol. The van der Waals surface area contributed by atoms with E-state index in [1.54, 1.807) is 17.4 Å². The molecule has 16 heavy (non-hydrogen) atoms. The van der Waals surface area contributed by atoms with Crippen LogP contribution in [0.2, 0.25) is 0 Å². The van der Waals surface area contributed by atoms with Crippen molar-refractivity contribution in [3.8, 4) is 0 Å². The van der Waals surface area contributed by atoms with Crippen molar-refractivity contribution in [1.29, 1.82) is 0 Å². The molecule has 3 rings (SSSR count). The smallest absolute Gasteiger partial charge is 0.124 e. The molecule has 82 valence electrons. The van der Waals surface area contributed by atoms with Gasteiger partial charge in [0.05, 0.1) is 0 Å². The SMILES string of the molecule is OC1(c2cccs2)CCc2cc(F)ccc21. The average molecular weight is 234 g/mol. The Labute approximate surface area is 97.2 Å². The molecule has 1 unspecified atom stereocenters. The fraction of sp³-hybridized carbons (Fsp3) is 0.231. The van der Waals surface area contributed by atoms with Crippen LogP contribution in [0.25, 0.3) is 0 Å². The van der Waals surface area contributed by atoms with Crippen LogP contribution in [0.15, 0.2) is 35.7 Å². The molecular weight excluding hydrogens is 223 g/mol. The van der Waals surface area contributed by atoms with Crippen LogP contribution in [0.5, 0.6) is 0 Å². The second-order valence-electron chi connectivity index (χ2n) is 4.14. The number of benzene rings is 1. The van der Waals surface area contributed by atoms with Gasteiger partial charge >= 0.3 is 0 Å². The van der Waals surface area contributed by atoms with E-state index in [0.29, 0.717) is 6.42 Å². The highest BCUT2D eigenvalue weighted by molar-refractivity contribution is 7.10. The molecule has 0 spiro atoms. The zero-order chi connectivity index (χ0) is 11.2. The number of thiophene rings is 1. The van der Waals surface area contributed by atoms with Crippen LogP contribution in [0.4, 0.5) is 4.39 Å². The highest BCUT2D eigenvalue weighted by atomic mass is 32.1. The van der Waals surface area contributed by atoms with Gasteiger partial charge in [-0.2, -0.15) is 0 Å². The minimum atomic E-state index is -0.906. The first-order valence-electron chi connectivity index (χ1n) is 5.25. The van der Waals surface area contributed by atoms with Gasteiger partial charge in [0.25, 0.3) is 0 Å². The van der Waals surface area contributed by atoms with E-state index < -0.39 is 5.60 Å². The fourth-order valence-electron chi connectivity index (χ4n) is 2.39. The molecule has 1 N–H and O–H groups in total. The Kier molecular flexibility index (Phi) is 2.13. The van der Waals surface area contributed by atoms with Gasteiger partial charge in [0.2, 0.25) is 0 Å². The maximum Gasteiger partial charge on any atom is 0.124 e. The Morgan fingerprint density at radius 1 is 1.31 bits per heavy atom. The summed E-state index contributed by atoms with van der Waals surface area (Å²) in [6.07, 6.45) is 1.38. The molecule has 0 bridgehead atoms. The second kappa shape index (κ2) is 3.40. The molecule has 1 aromatic heterocycles. The molecule has 1 heterocycles. The van der Waals surface area contributed by atoms with E-state index in [4.69, 9.17) is 0 Å². The highest BCUT2D eigenvalue weighted by Crippen LogP contribution is 2.43. The normalized spacial score (nSPS) is 23.4. The third kappa shape index (κ3) is 1.32. The molecule has 1 aliphatic rings. The number of rotatable bonds is 1. The summed E-state index contributed by atoms with van der Waals surface area (Å²) in [4.78, 5) is 0.942. The second-order valence-corrected chi connectivity index (χ2v) is 5.09. The molecule has 1 nitrogen and oxygen atoms in total. The molecule has 0 saturated carbocycles. The molecular formula is C13H11FOS. The van der Waals surface area contributed by atoms with E-state index in [9.17, 15) is 9.50 Å². The largest absolute Gasteiger partial charge is 0.380 e. The Morgan fingerprint density at radius 3 is 2.94 bits per heavy atom. The maximum atomic E-state index is 13.1. The predicted octanol–water partition coefficient (Wildman–Crippen LogP) is 3.07. The lowest BCUT2D eigenvalue weighted by Crippen LogP contribution is -2.22. The van der Waals surface area contributed by atoms with Crippen molar-refractivity contribution in [1.82, 2.24) is 0 Å². The van der Waals surface area contributed by atoms with Gasteiger partial charge in [0.1, 0.15) is 11.4 Å². The van der Waals surface area contributed by atoms with E-state index >= 15 is 0 Å². The lowest BCUT2D eigenvalue weighted by Gasteiger charge is -2.22. The number of aliphatic hydroxyl groups is 1. The minimum Gasteiger partial charge on any atom is -0.380 e. The summed E-state index contributed by atoms with van der Waals surface area (Å²) < 4.78 is 13.1. The van der Waals surface area contributed by atoms with Crippen LogP contribution >= 0.6 is 11.3 Å². The van der Waals surface area contributed by atoms with Gasteiger partial charge in [0, 0.05) is 4.88 Å². The van der Waals surface area contributed by atoms with Crippen LogP contribution in [0, 0.1) is 5.82 Å². The summed E-state index contributed by atoms with van der Waals surface area (Å²) in [5.41, 5.74) is 0.879. The van der Waals surface area contributed by atoms with Crippen molar-refractivity contribution in [3.63, 3.8) is 0 Å². The molecule has 2 aromatic rings. The molecule has 0 aliphatic heterocycles. The molecule has 3 heteroatoms. The molecule has 1 atom stereocenters. The molecule has 0 fully saturated rings. The monoisotopic (exact) mass is 234 g/mol. The van der Waals surface area contributed by atoms with E-state index in [2.05, 4.69) is 0 Å². The summed E-state index contributed by atoms with van der Waals surface area (Å²) in [7, 11) is 0. The van der Waals surface area contributed by atoms with Gasteiger partial charge in [-0.3, -0.25) is 0 Å². The minimum absolute atomic E-state index is 0.228. The molecule has 0 saturated heterocycles. The zero-order valence-corrected chi connectivity index (χ0v) is 9.43. The summed E-state index contributed by atoms with van der Waals surface area (Å²) in [6, 6.07) is 8.52. The van der Waals surface area contributed by atoms with Crippen molar-refractivity contribution in [3.05, 3.63) is 57.5 Å². The lowest BCUT2D eigenvalue weighted by atomic mass is 9.94. The van der Waals surface area contributed by atoms with Crippen molar-refractivity contribution in [2.75, 3.05) is 0 Å². The fourth-order valence-corrected chi connectivity index (χ4v) is 3.26. The quantitative estimate of drug-likeness (QED) is 0.804. The highest BCUT2D eigenvalue weighted by Gasteiger charge is 2.39. The Balaban J connectivity index is 2.15. The summed E-state index contributed by atoms with van der Waals surface area (Å²) >= 11 is 1.54. The summed E-state index contributed by atoms with van der Waals surface area (Å²) in [5, 5.41) is 12.6. The van der Waals surface area contributed by atoms with Crippen molar-refractivity contribution in [2.24, 2.45) is 0 Å². The number of aryl methyl sites for hydroxylation is 1. The number of halogens is 1. The van der Waals surface area contributed by atoms with Gasteiger partial charge in [-0.25, -0.2) is 4.39 Å². The third-order valence-corrected chi connectivity index (χ3v) is 4.22. The van der Waals surface area contributed by atoms with Crippen molar-refractivity contribution >= 4 is 11.3 Å². The Bertz CT molecular complexity index is 521. The van der Waals surface area contributed by atoms with E-state index in [0.717, 1.165) is 22.4 Å². The first-order chi connectivity index (χ1) is 7.70. The van der Waals surface area contributed by atoms with Crippen molar-refractivity contribution < 1.29 is 9.50 Å². The van der Waals surface area contributed by atoms with Crippen LogP contribution in [-0.2, 0) is 12.0 Å². The lowest BCUT2D eigenvalue weighted by molar-refractivity contribution is 0.0868. The third-order valence-electron chi connectivity index (χ3n) is 3.20. The summed E-state index contributed by atoms with van der Waals surface area (Å²) in [6.45, 7) is 0. The van der Waals surface area contributed by atoms with Crippen LogP contribution in [0.3, 0.4) is 0 Å². The first kappa shape index (κ1) is 10.00. The maximum absolute atomic E-state index is 13.1. The molecule has 0 amide bonds. The first-order valence-corrected chi connectivity index (χ1v) is 6.13.